The second-order valence-corrected chi connectivity index (χ2v) is 8.01. The predicted molar refractivity (Wildman–Crippen MR) is 122 cm³/mol. The van der Waals surface area contributed by atoms with E-state index in [1.165, 1.54) is 0 Å². The summed E-state index contributed by atoms with van der Waals surface area (Å²) in [5.41, 5.74) is 4.05. The van der Waals surface area contributed by atoms with Crippen LogP contribution in [0.15, 0.2) is 48.5 Å². The Morgan fingerprint density at radius 1 is 1.03 bits per heavy atom. The number of amides is 1. The summed E-state index contributed by atoms with van der Waals surface area (Å²) in [6.07, 6.45) is 0.701. The van der Waals surface area contributed by atoms with Crippen molar-refractivity contribution in [3.8, 4) is 17.0 Å². The Morgan fingerprint density at radius 2 is 1.74 bits per heavy atom. The monoisotopic (exact) mass is 422 g/mol. The largest absolute Gasteiger partial charge is 0.497 e. The molecule has 31 heavy (non-hydrogen) atoms. The van der Waals surface area contributed by atoms with Gasteiger partial charge in [0.15, 0.2) is 6.61 Å². The smallest absolute Gasteiger partial charge is 0.306 e. The van der Waals surface area contributed by atoms with E-state index < -0.39 is 5.97 Å². The Labute approximate surface area is 182 Å². The van der Waals surface area contributed by atoms with E-state index in [4.69, 9.17) is 9.47 Å². The molecule has 0 aliphatic rings. The lowest BCUT2D eigenvalue weighted by Gasteiger charge is -2.17. The van der Waals surface area contributed by atoms with E-state index in [1.807, 2.05) is 69.3 Å². The average Bonchev–Trinajstić information content (AvgIpc) is 3.14. The highest BCUT2D eigenvalue weighted by Gasteiger charge is 2.16. The van der Waals surface area contributed by atoms with Gasteiger partial charge in [-0.2, -0.15) is 0 Å². The molecule has 3 aromatic rings. The highest BCUT2D eigenvalue weighted by molar-refractivity contribution is 5.91. The fourth-order valence-corrected chi connectivity index (χ4v) is 3.37. The first kappa shape index (κ1) is 22.4. The molecule has 1 aromatic heterocycles. The molecule has 0 bridgehead atoms. The van der Waals surface area contributed by atoms with Gasteiger partial charge in [-0.3, -0.25) is 9.59 Å². The third-order valence-corrected chi connectivity index (χ3v) is 5.52. The molecule has 0 aliphatic carbocycles. The molecule has 0 fully saturated rings. The van der Waals surface area contributed by atoms with Crippen LogP contribution in [-0.2, 0) is 20.7 Å². The molecule has 0 radical (unpaired) electrons. The molecule has 6 nitrogen and oxygen atoms in total. The topological polar surface area (TPSA) is 80.4 Å². The van der Waals surface area contributed by atoms with Gasteiger partial charge in [0, 0.05) is 29.1 Å². The number of methoxy groups -OCH3 is 1. The molecule has 1 unspecified atom stereocenters. The summed E-state index contributed by atoms with van der Waals surface area (Å²) in [5.74, 6) is 0.437. The van der Waals surface area contributed by atoms with Crippen LogP contribution < -0.4 is 10.1 Å². The summed E-state index contributed by atoms with van der Waals surface area (Å²) in [7, 11) is 1.64. The Morgan fingerprint density at radius 3 is 2.42 bits per heavy atom. The zero-order chi connectivity index (χ0) is 22.4. The average molecular weight is 423 g/mol. The first-order chi connectivity index (χ1) is 14.9. The fourth-order valence-electron chi connectivity index (χ4n) is 3.37. The number of carbonyl (C=O) groups is 2. The lowest BCUT2D eigenvalue weighted by atomic mass is 10.0. The maximum absolute atomic E-state index is 12.3. The van der Waals surface area contributed by atoms with E-state index in [0.717, 1.165) is 33.5 Å². The highest BCUT2D eigenvalue weighted by Crippen LogP contribution is 2.32. The Hall–Kier alpha value is -3.28. The SMILES string of the molecule is COc1ccc(-c2[nH]c3ccccc3c2CCC(=O)OCC(=O)NC(C)C(C)C)cc1. The summed E-state index contributed by atoms with van der Waals surface area (Å²) in [5, 5.41) is 3.91. The maximum Gasteiger partial charge on any atom is 0.306 e. The van der Waals surface area contributed by atoms with E-state index in [2.05, 4.69) is 10.3 Å². The van der Waals surface area contributed by atoms with Gasteiger partial charge >= 0.3 is 5.97 Å². The molecule has 0 spiro atoms. The van der Waals surface area contributed by atoms with Crippen LogP contribution in [0.1, 0.15) is 32.8 Å². The highest BCUT2D eigenvalue weighted by atomic mass is 16.5. The van der Waals surface area contributed by atoms with Crippen LogP contribution >= 0.6 is 0 Å². The predicted octanol–water partition coefficient (Wildman–Crippen LogP) is 4.48. The first-order valence-corrected chi connectivity index (χ1v) is 10.6. The van der Waals surface area contributed by atoms with Crippen molar-refractivity contribution in [3.05, 3.63) is 54.1 Å². The van der Waals surface area contributed by atoms with Crippen LogP contribution in [0.4, 0.5) is 0 Å². The molecular formula is C25H30N2O4. The van der Waals surface area contributed by atoms with Crippen LogP contribution in [-0.4, -0.2) is 36.6 Å². The molecule has 3 rings (SSSR count). The molecule has 164 valence electrons. The third-order valence-electron chi connectivity index (χ3n) is 5.52. The van der Waals surface area contributed by atoms with Crippen LogP contribution in [0, 0.1) is 5.92 Å². The number of hydrogen-bond donors (Lipinski definition) is 2. The van der Waals surface area contributed by atoms with Gasteiger partial charge in [-0.15, -0.1) is 0 Å². The molecule has 2 aromatic carbocycles. The molecule has 0 saturated carbocycles. The molecule has 2 N–H and O–H groups in total. The van der Waals surface area contributed by atoms with Gasteiger partial charge in [0.1, 0.15) is 5.75 Å². The number of aromatic amines is 1. The Balaban J connectivity index is 1.69. The number of benzene rings is 2. The number of esters is 1. The molecule has 0 aliphatic heterocycles. The van der Waals surface area contributed by atoms with Crippen molar-refractivity contribution >= 4 is 22.8 Å². The van der Waals surface area contributed by atoms with E-state index in [0.29, 0.717) is 12.3 Å². The number of para-hydroxylation sites is 1. The molecule has 6 heteroatoms. The molecule has 0 saturated heterocycles. The number of rotatable bonds is 9. The van der Waals surface area contributed by atoms with Crippen molar-refractivity contribution in [2.24, 2.45) is 5.92 Å². The number of nitrogens with one attached hydrogen (secondary N) is 2. The van der Waals surface area contributed by atoms with Gasteiger partial charge in [-0.25, -0.2) is 0 Å². The number of carbonyl (C=O) groups excluding carboxylic acids is 2. The zero-order valence-electron chi connectivity index (χ0n) is 18.5. The van der Waals surface area contributed by atoms with Crippen molar-refractivity contribution < 1.29 is 19.1 Å². The van der Waals surface area contributed by atoms with Crippen molar-refractivity contribution in [3.63, 3.8) is 0 Å². The second kappa shape index (κ2) is 10.2. The third kappa shape index (κ3) is 5.66. The van der Waals surface area contributed by atoms with E-state index in [1.54, 1.807) is 7.11 Å². The van der Waals surface area contributed by atoms with Crippen molar-refractivity contribution in [1.29, 1.82) is 0 Å². The lowest BCUT2D eigenvalue weighted by Crippen LogP contribution is -2.38. The molecule has 1 amide bonds. The van der Waals surface area contributed by atoms with Gasteiger partial charge in [0.05, 0.1) is 7.11 Å². The number of aryl methyl sites for hydroxylation is 1. The summed E-state index contributed by atoms with van der Waals surface area (Å²) in [6.45, 7) is 5.73. The van der Waals surface area contributed by atoms with Gasteiger partial charge < -0.3 is 19.8 Å². The van der Waals surface area contributed by atoms with E-state index in [-0.39, 0.29) is 25.0 Å². The first-order valence-electron chi connectivity index (χ1n) is 10.6. The minimum atomic E-state index is -0.390. The normalized spacial score (nSPS) is 12.0. The molecule has 1 heterocycles. The lowest BCUT2D eigenvalue weighted by molar-refractivity contribution is -0.148. The van der Waals surface area contributed by atoms with Crippen LogP contribution in [0.2, 0.25) is 0 Å². The molecular weight excluding hydrogens is 392 g/mol. The van der Waals surface area contributed by atoms with Crippen LogP contribution in [0.25, 0.3) is 22.2 Å². The molecule has 1 atom stereocenters. The van der Waals surface area contributed by atoms with Gasteiger partial charge in [-0.1, -0.05) is 32.0 Å². The Kier molecular flexibility index (Phi) is 7.34. The quantitative estimate of drug-likeness (QED) is 0.498. The van der Waals surface area contributed by atoms with Gasteiger partial charge in [-0.05, 0) is 60.7 Å². The number of aromatic nitrogens is 1. The van der Waals surface area contributed by atoms with Crippen LogP contribution in [0.5, 0.6) is 5.75 Å². The van der Waals surface area contributed by atoms with Gasteiger partial charge in [0.2, 0.25) is 0 Å². The summed E-state index contributed by atoms with van der Waals surface area (Å²) in [4.78, 5) is 27.7. The Bertz CT molecular complexity index is 1040. The summed E-state index contributed by atoms with van der Waals surface area (Å²) in [6, 6.07) is 15.9. The van der Waals surface area contributed by atoms with Crippen molar-refractivity contribution in [2.45, 2.75) is 39.7 Å². The van der Waals surface area contributed by atoms with Crippen molar-refractivity contribution in [1.82, 2.24) is 10.3 Å². The van der Waals surface area contributed by atoms with Gasteiger partial charge in [0.25, 0.3) is 5.91 Å². The number of fused-ring (bicyclic) bond motifs is 1. The summed E-state index contributed by atoms with van der Waals surface area (Å²) >= 11 is 0. The minimum absolute atomic E-state index is 0.0319. The number of hydrogen-bond acceptors (Lipinski definition) is 4. The second-order valence-electron chi connectivity index (χ2n) is 8.01. The van der Waals surface area contributed by atoms with Crippen LogP contribution in [0.3, 0.4) is 0 Å². The van der Waals surface area contributed by atoms with Crippen molar-refractivity contribution in [2.75, 3.05) is 13.7 Å². The fraction of sp³-hybridized carbons (Fsp3) is 0.360. The number of H-pyrrole nitrogens is 1. The van der Waals surface area contributed by atoms with E-state index in [9.17, 15) is 9.59 Å². The number of ether oxygens (including phenoxy) is 2. The standard InChI is InChI=1S/C25H30N2O4/c1-16(2)17(3)26-23(28)15-31-24(29)14-13-21-20-7-5-6-8-22(20)27-25(21)18-9-11-19(30-4)12-10-18/h5-12,16-17,27H,13-15H2,1-4H3,(H,26,28). The van der Waals surface area contributed by atoms with E-state index >= 15 is 0 Å². The zero-order valence-corrected chi connectivity index (χ0v) is 18.5. The minimum Gasteiger partial charge on any atom is -0.497 e. The maximum atomic E-state index is 12.3. The summed E-state index contributed by atoms with van der Waals surface area (Å²) < 4.78 is 10.4.